The van der Waals surface area contributed by atoms with Crippen LogP contribution in [-0.4, -0.2) is 20.3 Å². The summed E-state index contributed by atoms with van der Waals surface area (Å²) in [6, 6.07) is 0.841. The van der Waals surface area contributed by atoms with E-state index in [1.807, 2.05) is 19.1 Å². The van der Waals surface area contributed by atoms with Crippen molar-refractivity contribution in [2.45, 2.75) is 56.3 Å². The second-order valence-electron chi connectivity index (χ2n) is 7.92. The number of aliphatic hydroxyl groups is 1. The molecule has 0 saturated heterocycles. The summed E-state index contributed by atoms with van der Waals surface area (Å²) >= 11 is 1.18. The molecule has 2 heterocycles. The number of anilines is 1. The van der Waals surface area contributed by atoms with Crippen LogP contribution in [0.4, 0.5) is 10.5 Å². The van der Waals surface area contributed by atoms with Gasteiger partial charge in [-0.3, -0.25) is 4.98 Å². The van der Waals surface area contributed by atoms with Gasteiger partial charge in [0.15, 0.2) is 9.92 Å². The monoisotopic (exact) mass is 432 g/mol. The standard InChI is InChI=1S/C20H24N4O3S2/c1-11-14(20(2,3)26)10-17(28-11)29(21,27)24-19(25)23-18-12-6-4-8-15(12)22-16-9-5-7-13(16)18/h4,8,10,26H,5-7,9H2,1-3H3,(H3,21,22,23,24,25,27). The molecule has 0 radical (unpaired) electrons. The summed E-state index contributed by atoms with van der Waals surface area (Å²) in [5.41, 5.74) is 4.14. The summed E-state index contributed by atoms with van der Waals surface area (Å²) in [6.45, 7) is 5.10. The van der Waals surface area contributed by atoms with Crippen LogP contribution in [0.15, 0.2) is 20.7 Å². The van der Waals surface area contributed by atoms with E-state index in [0.29, 0.717) is 12.0 Å². The first-order valence-electron chi connectivity index (χ1n) is 9.46. The van der Waals surface area contributed by atoms with E-state index in [1.165, 1.54) is 11.3 Å². The van der Waals surface area contributed by atoms with E-state index >= 15 is 0 Å². The molecule has 0 saturated carbocycles. The molecular weight excluding hydrogens is 408 g/mol. The van der Waals surface area contributed by atoms with Crippen LogP contribution in [0.25, 0.3) is 6.08 Å². The molecule has 2 aromatic rings. The molecule has 0 spiro atoms. The first-order chi connectivity index (χ1) is 13.6. The maximum Gasteiger partial charge on any atom is 0.354 e. The number of thiophene rings is 1. The van der Waals surface area contributed by atoms with Crippen LogP contribution in [0.3, 0.4) is 0 Å². The predicted octanol–water partition coefficient (Wildman–Crippen LogP) is 3.67. The number of nitrogens with zero attached hydrogens (tertiary/aromatic N) is 2. The van der Waals surface area contributed by atoms with Gasteiger partial charge in [-0.05, 0) is 69.7 Å². The van der Waals surface area contributed by atoms with Crippen molar-refractivity contribution in [2.75, 3.05) is 5.32 Å². The number of carbonyl (C=O) groups is 1. The van der Waals surface area contributed by atoms with Gasteiger partial charge < -0.3 is 10.4 Å². The Bertz CT molecular complexity index is 1160. The van der Waals surface area contributed by atoms with Crippen LogP contribution >= 0.6 is 11.3 Å². The molecule has 2 aliphatic rings. The Morgan fingerprint density at radius 2 is 2.14 bits per heavy atom. The highest BCUT2D eigenvalue weighted by Crippen LogP contribution is 2.36. The van der Waals surface area contributed by atoms with E-state index in [-0.39, 0.29) is 4.21 Å². The summed E-state index contributed by atoms with van der Waals surface area (Å²) in [5.74, 6) is 0. The van der Waals surface area contributed by atoms with Crippen LogP contribution in [0.2, 0.25) is 0 Å². The first kappa shape index (κ1) is 20.2. The van der Waals surface area contributed by atoms with Gasteiger partial charge in [-0.1, -0.05) is 6.08 Å². The fourth-order valence-corrected chi connectivity index (χ4v) is 6.46. The minimum Gasteiger partial charge on any atom is -0.386 e. The number of aromatic nitrogens is 1. The number of hydrogen-bond acceptors (Lipinski definition) is 5. The number of aryl methyl sites for hydroxylation is 2. The topological polar surface area (TPSA) is 118 Å². The Morgan fingerprint density at radius 1 is 1.38 bits per heavy atom. The van der Waals surface area contributed by atoms with Crippen LogP contribution in [0, 0.1) is 6.92 Å². The summed E-state index contributed by atoms with van der Waals surface area (Å²) in [4.78, 5) is 18.1. The molecule has 2 amide bonds. The molecule has 2 aliphatic carbocycles. The number of hydrogen-bond donors (Lipinski definition) is 3. The van der Waals surface area contributed by atoms with Crippen LogP contribution in [-0.2, 0) is 34.8 Å². The summed E-state index contributed by atoms with van der Waals surface area (Å²) in [7, 11) is -3.43. The van der Waals surface area contributed by atoms with E-state index < -0.39 is 21.5 Å². The third-order valence-corrected chi connectivity index (χ3v) is 8.19. The molecule has 1 atom stereocenters. The van der Waals surface area contributed by atoms with Crippen molar-refractivity contribution >= 4 is 39.0 Å². The van der Waals surface area contributed by atoms with Gasteiger partial charge in [0.2, 0.25) is 0 Å². The van der Waals surface area contributed by atoms with Crippen molar-refractivity contribution in [1.29, 1.82) is 0 Å². The maximum absolute atomic E-state index is 13.0. The van der Waals surface area contributed by atoms with E-state index in [2.05, 4.69) is 14.7 Å². The van der Waals surface area contributed by atoms with Crippen molar-refractivity contribution in [3.8, 4) is 0 Å². The Labute approximate surface area is 174 Å². The highest BCUT2D eigenvalue weighted by atomic mass is 32.2. The Balaban J connectivity index is 1.67. The van der Waals surface area contributed by atoms with E-state index in [0.717, 1.165) is 52.3 Å². The highest BCUT2D eigenvalue weighted by Gasteiger charge is 2.26. The third kappa shape index (κ3) is 3.75. The molecular formula is C20H24N4O3S2. The zero-order chi connectivity index (χ0) is 21.0. The number of nitrogens with one attached hydrogen (secondary N) is 1. The van der Waals surface area contributed by atoms with Gasteiger partial charge in [-0.2, -0.15) is 0 Å². The van der Waals surface area contributed by atoms with Crippen molar-refractivity contribution in [3.63, 3.8) is 0 Å². The maximum atomic E-state index is 13.0. The molecule has 0 aliphatic heterocycles. The predicted molar refractivity (Wildman–Crippen MR) is 115 cm³/mol. The number of amides is 2. The zero-order valence-electron chi connectivity index (χ0n) is 16.6. The van der Waals surface area contributed by atoms with E-state index in [1.54, 1.807) is 19.9 Å². The molecule has 0 fully saturated rings. The molecule has 154 valence electrons. The number of allylic oxidation sites excluding steroid dienone is 1. The Kier molecular flexibility index (Phi) is 4.89. The van der Waals surface area contributed by atoms with Crippen molar-refractivity contribution in [2.24, 2.45) is 9.50 Å². The van der Waals surface area contributed by atoms with Crippen LogP contribution in [0.1, 0.15) is 53.2 Å². The number of pyridine rings is 1. The fourth-order valence-electron chi connectivity index (χ4n) is 3.93. The third-order valence-electron chi connectivity index (χ3n) is 5.25. The Hall–Kier alpha value is -2.07. The van der Waals surface area contributed by atoms with Crippen molar-refractivity contribution < 1.29 is 14.1 Å². The second-order valence-corrected chi connectivity index (χ2v) is 11.2. The molecule has 29 heavy (non-hydrogen) atoms. The number of nitrogens with two attached hydrogens (primary N) is 1. The highest BCUT2D eigenvalue weighted by molar-refractivity contribution is 7.93. The molecule has 1 unspecified atom stereocenters. The van der Waals surface area contributed by atoms with Gasteiger partial charge in [0.05, 0.1) is 17.0 Å². The van der Waals surface area contributed by atoms with Gasteiger partial charge in [-0.15, -0.1) is 15.7 Å². The lowest BCUT2D eigenvalue weighted by molar-refractivity contribution is 0.0783. The summed E-state index contributed by atoms with van der Waals surface area (Å²) < 4.78 is 17.1. The lowest BCUT2D eigenvalue weighted by Gasteiger charge is -2.16. The molecule has 9 heteroatoms. The molecule has 7 nitrogen and oxygen atoms in total. The molecule has 0 bridgehead atoms. The number of rotatable bonds is 3. The Morgan fingerprint density at radius 3 is 2.83 bits per heavy atom. The van der Waals surface area contributed by atoms with Gasteiger partial charge >= 0.3 is 6.03 Å². The fraction of sp³-hybridized carbons (Fsp3) is 0.400. The molecule has 2 aromatic heterocycles. The lowest BCUT2D eigenvalue weighted by Crippen LogP contribution is -2.19. The van der Waals surface area contributed by atoms with Gasteiger partial charge in [0, 0.05) is 16.1 Å². The average molecular weight is 433 g/mol. The normalized spacial score (nSPS) is 17.0. The van der Waals surface area contributed by atoms with Gasteiger partial charge in [-0.25, -0.2) is 14.1 Å². The van der Waals surface area contributed by atoms with Crippen molar-refractivity contribution in [3.05, 3.63) is 45.1 Å². The molecule has 4 rings (SSSR count). The summed E-state index contributed by atoms with van der Waals surface area (Å²) in [5, 5.41) is 19.0. The first-order valence-corrected chi connectivity index (χ1v) is 11.9. The number of fused-ring (bicyclic) bond motifs is 2. The SMILES string of the molecule is Cc1sc(S(N)(=O)=NC(=O)Nc2c3c(nc4c2CCC4)C=CC3)cc1C(C)(C)O. The minimum absolute atomic E-state index is 0.272. The van der Waals surface area contributed by atoms with Gasteiger partial charge in [0.1, 0.15) is 4.21 Å². The minimum atomic E-state index is -3.43. The zero-order valence-corrected chi connectivity index (χ0v) is 18.2. The smallest absolute Gasteiger partial charge is 0.354 e. The number of urea groups is 1. The summed E-state index contributed by atoms with van der Waals surface area (Å²) in [6.07, 6.45) is 7.40. The largest absolute Gasteiger partial charge is 0.386 e. The average Bonchev–Trinajstić information content (AvgIpc) is 3.31. The van der Waals surface area contributed by atoms with Gasteiger partial charge in [0.25, 0.3) is 0 Å². The molecule has 0 aromatic carbocycles. The lowest BCUT2D eigenvalue weighted by atomic mass is 10.00. The quantitative estimate of drug-likeness (QED) is 0.686. The van der Waals surface area contributed by atoms with E-state index in [9.17, 15) is 14.1 Å². The van der Waals surface area contributed by atoms with Crippen LogP contribution < -0.4 is 10.5 Å². The number of carbonyl (C=O) groups excluding carboxylic acids is 1. The van der Waals surface area contributed by atoms with E-state index in [4.69, 9.17) is 5.14 Å². The van der Waals surface area contributed by atoms with Crippen LogP contribution in [0.5, 0.6) is 0 Å². The second kappa shape index (κ2) is 7.02. The molecule has 4 N–H and O–H groups in total. The van der Waals surface area contributed by atoms with Crippen molar-refractivity contribution in [1.82, 2.24) is 4.98 Å².